The molecular formula is C28H21F3N2O4. The topological polar surface area (TPSA) is 83.1 Å². The van der Waals surface area contributed by atoms with Gasteiger partial charge in [0.25, 0.3) is 0 Å². The summed E-state index contributed by atoms with van der Waals surface area (Å²) in [7, 11) is 0. The van der Waals surface area contributed by atoms with Gasteiger partial charge in [-0.25, -0.2) is 4.79 Å². The summed E-state index contributed by atoms with van der Waals surface area (Å²) in [5.41, 5.74) is 6.89. The van der Waals surface area contributed by atoms with E-state index in [4.69, 9.17) is 20.0 Å². The number of ether oxygens (including phenoxy) is 2. The van der Waals surface area contributed by atoms with Crippen LogP contribution in [0.2, 0.25) is 0 Å². The van der Waals surface area contributed by atoms with E-state index >= 15 is 0 Å². The van der Waals surface area contributed by atoms with Gasteiger partial charge in [0.1, 0.15) is 23.9 Å². The molecule has 0 aliphatic carbocycles. The first-order valence-electron chi connectivity index (χ1n) is 11.0. The minimum atomic E-state index is -4.42. The van der Waals surface area contributed by atoms with E-state index in [1.165, 1.54) is 12.1 Å². The molecule has 0 fully saturated rings. The Morgan fingerprint density at radius 1 is 0.730 bits per heavy atom. The highest BCUT2D eigenvalue weighted by molar-refractivity contribution is 5.98. The molecule has 0 aliphatic heterocycles. The Morgan fingerprint density at radius 3 is 1.86 bits per heavy atom. The molecule has 0 aliphatic rings. The molecule has 0 bridgehead atoms. The van der Waals surface area contributed by atoms with Crippen molar-refractivity contribution in [2.45, 2.75) is 12.8 Å². The highest BCUT2D eigenvalue weighted by Gasteiger charge is 2.30. The smallest absolute Gasteiger partial charge is 0.416 e. The van der Waals surface area contributed by atoms with Gasteiger partial charge in [0.05, 0.1) is 11.1 Å². The molecule has 0 radical (unpaired) electrons. The zero-order chi connectivity index (χ0) is 26.3. The number of oxime groups is 1. The summed E-state index contributed by atoms with van der Waals surface area (Å²) in [4.78, 5) is 17.2. The first kappa shape index (κ1) is 25.3. The number of rotatable bonds is 8. The fraction of sp³-hybridized carbons (Fsp3) is 0.0714. The van der Waals surface area contributed by atoms with Crippen molar-refractivity contribution in [3.05, 3.63) is 125 Å². The zero-order valence-electron chi connectivity index (χ0n) is 19.3. The largest absolute Gasteiger partial charge is 0.489 e. The van der Waals surface area contributed by atoms with Gasteiger partial charge in [-0.1, -0.05) is 35.5 Å². The van der Waals surface area contributed by atoms with E-state index in [0.29, 0.717) is 23.7 Å². The summed E-state index contributed by atoms with van der Waals surface area (Å²) >= 11 is 0. The van der Waals surface area contributed by atoms with E-state index in [1.54, 1.807) is 48.5 Å². The second-order valence-corrected chi connectivity index (χ2v) is 7.80. The van der Waals surface area contributed by atoms with Crippen molar-refractivity contribution < 1.29 is 32.3 Å². The molecule has 9 heteroatoms. The van der Waals surface area contributed by atoms with Gasteiger partial charge < -0.3 is 20.0 Å². The predicted octanol–water partition coefficient (Wildman–Crippen LogP) is 6.55. The Bertz CT molecular complexity index is 1350. The molecule has 0 spiro atoms. The van der Waals surface area contributed by atoms with Crippen LogP contribution in [0.15, 0.2) is 108 Å². The van der Waals surface area contributed by atoms with Crippen LogP contribution in [0.3, 0.4) is 0 Å². The maximum absolute atomic E-state index is 12.7. The third-order valence-electron chi connectivity index (χ3n) is 5.13. The van der Waals surface area contributed by atoms with Crippen molar-refractivity contribution in [3.8, 4) is 17.2 Å². The van der Waals surface area contributed by atoms with Crippen LogP contribution in [0.5, 0.6) is 17.2 Å². The van der Waals surface area contributed by atoms with E-state index in [2.05, 4.69) is 5.16 Å². The molecule has 6 nitrogen and oxygen atoms in total. The lowest BCUT2D eigenvalue weighted by Gasteiger charge is -2.09. The summed E-state index contributed by atoms with van der Waals surface area (Å²) in [6.45, 7) is 0.402. The molecule has 2 N–H and O–H groups in total. The quantitative estimate of drug-likeness (QED) is 0.127. The Labute approximate surface area is 210 Å². The molecule has 0 unspecified atom stereocenters. The Morgan fingerprint density at radius 2 is 1.27 bits per heavy atom. The fourth-order valence-electron chi connectivity index (χ4n) is 3.17. The number of nitrogens with two attached hydrogens (primary N) is 1. The van der Waals surface area contributed by atoms with Crippen molar-refractivity contribution in [2.24, 2.45) is 10.9 Å². The first-order valence-corrected chi connectivity index (χ1v) is 11.0. The summed E-state index contributed by atoms with van der Waals surface area (Å²) in [5.74, 6) is 0.481. The fourth-order valence-corrected chi connectivity index (χ4v) is 3.17. The van der Waals surface area contributed by atoms with Gasteiger partial charge in [-0.3, -0.25) is 0 Å². The van der Waals surface area contributed by atoms with E-state index in [-0.39, 0.29) is 17.1 Å². The maximum Gasteiger partial charge on any atom is 0.416 e. The molecule has 4 aromatic rings. The van der Waals surface area contributed by atoms with Gasteiger partial charge in [-0.05, 0) is 78.4 Å². The summed E-state index contributed by atoms with van der Waals surface area (Å²) in [5, 5.41) is 3.68. The van der Waals surface area contributed by atoms with E-state index in [9.17, 15) is 18.0 Å². The van der Waals surface area contributed by atoms with Gasteiger partial charge in [0.15, 0.2) is 5.84 Å². The molecule has 0 heterocycles. The number of alkyl halides is 3. The lowest BCUT2D eigenvalue weighted by Crippen LogP contribution is -2.15. The van der Waals surface area contributed by atoms with E-state index in [0.717, 1.165) is 17.7 Å². The second-order valence-electron chi connectivity index (χ2n) is 7.80. The van der Waals surface area contributed by atoms with Crippen molar-refractivity contribution in [3.63, 3.8) is 0 Å². The second kappa shape index (κ2) is 11.3. The molecule has 4 rings (SSSR count). The van der Waals surface area contributed by atoms with Crippen LogP contribution in [0, 0.1) is 0 Å². The first-order chi connectivity index (χ1) is 17.8. The summed E-state index contributed by atoms with van der Waals surface area (Å²) < 4.78 is 49.3. The minimum Gasteiger partial charge on any atom is -0.489 e. The van der Waals surface area contributed by atoms with Gasteiger partial charge in [-0.2, -0.15) is 13.2 Å². The number of amidine groups is 1. The van der Waals surface area contributed by atoms with Gasteiger partial charge >= 0.3 is 12.1 Å². The minimum absolute atomic E-state index is 0.0442. The Balaban J connectivity index is 1.30. The van der Waals surface area contributed by atoms with Gasteiger partial charge in [0.2, 0.25) is 0 Å². The van der Waals surface area contributed by atoms with Crippen LogP contribution in [0.1, 0.15) is 27.0 Å². The maximum atomic E-state index is 12.7. The lowest BCUT2D eigenvalue weighted by molar-refractivity contribution is -0.137. The molecule has 4 aromatic carbocycles. The molecule has 0 saturated heterocycles. The van der Waals surface area contributed by atoms with Crippen LogP contribution in [-0.2, 0) is 17.6 Å². The molecule has 0 aromatic heterocycles. The van der Waals surface area contributed by atoms with Crippen molar-refractivity contribution in [1.29, 1.82) is 0 Å². The Kier molecular flexibility index (Phi) is 7.73. The van der Waals surface area contributed by atoms with Crippen LogP contribution in [0.25, 0.3) is 0 Å². The van der Waals surface area contributed by atoms with Crippen LogP contribution < -0.4 is 15.2 Å². The van der Waals surface area contributed by atoms with Crippen LogP contribution in [0.4, 0.5) is 13.2 Å². The molecule has 0 saturated carbocycles. The summed E-state index contributed by atoms with van der Waals surface area (Å²) in [6.07, 6.45) is -4.42. The van der Waals surface area contributed by atoms with Crippen molar-refractivity contribution in [1.82, 2.24) is 0 Å². The molecular weight excluding hydrogens is 485 g/mol. The standard InChI is InChI=1S/C28H21F3N2O4/c29-28(30,31)22-10-16-25(17-11-22)36-24-14-6-20(7-15-24)26(32)33-37-27(34)21-8-12-23(13-9-21)35-18-19-4-2-1-3-5-19/h1-17H,18H2,(H2,32,33). The number of hydrogen-bond acceptors (Lipinski definition) is 5. The van der Waals surface area contributed by atoms with Crippen LogP contribution >= 0.6 is 0 Å². The number of halogens is 3. The monoisotopic (exact) mass is 506 g/mol. The summed E-state index contributed by atoms with van der Waals surface area (Å²) in [6, 6.07) is 26.7. The van der Waals surface area contributed by atoms with Crippen molar-refractivity contribution >= 4 is 11.8 Å². The third-order valence-corrected chi connectivity index (χ3v) is 5.13. The Hall–Kier alpha value is -4.79. The number of benzene rings is 4. The van der Waals surface area contributed by atoms with Crippen LogP contribution in [-0.4, -0.2) is 11.8 Å². The number of carbonyl (C=O) groups excluding carboxylic acids is 1. The van der Waals surface area contributed by atoms with Crippen molar-refractivity contribution in [2.75, 3.05) is 0 Å². The highest BCUT2D eigenvalue weighted by atomic mass is 19.4. The average molecular weight is 506 g/mol. The third kappa shape index (κ3) is 7.11. The lowest BCUT2D eigenvalue weighted by atomic mass is 10.2. The normalized spacial score (nSPS) is 11.6. The van der Waals surface area contributed by atoms with Gasteiger partial charge in [-0.15, -0.1) is 0 Å². The molecule has 0 amide bonds. The number of nitrogens with zero attached hydrogens (tertiary/aromatic N) is 1. The highest BCUT2D eigenvalue weighted by Crippen LogP contribution is 2.31. The molecule has 37 heavy (non-hydrogen) atoms. The van der Waals surface area contributed by atoms with Gasteiger partial charge in [0, 0.05) is 5.56 Å². The zero-order valence-corrected chi connectivity index (χ0v) is 19.3. The SMILES string of the molecule is N/C(=N\OC(=O)c1ccc(OCc2ccccc2)cc1)c1ccc(Oc2ccc(C(F)(F)F)cc2)cc1. The molecule has 0 atom stereocenters. The number of carbonyl (C=O) groups is 1. The molecule has 188 valence electrons. The average Bonchev–Trinajstić information content (AvgIpc) is 2.91. The van der Waals surface area contributed by atoms with E-state index in [1.807, 2.05) is 30.3 Å². The number of hydrogen-bond donors (Lipinski definition) is 1. The van der Waals surface area contributed by atoms with E-state index < -0.39 is 17.7 Å². The predicted molar refractivity (Wildman–Crippen MR) is 131 cm³/mol.